The van der Waals surface area contributed by atoms with E-state index >= 15 is 0 Å². The Morgan fingerprint density at radius 3 is 1.84 bits per heavy atom. The Kier molecular flexibility index (Phi) is 16.6. The van der Waals surface area contributed by atoms with E-state index in [0.29, 0.717) is 38.9 Å². The van der Waals surface area contributed by atoms with E-state index in [4.69, 9.17) is 16.2 Å². The second-order valence-electron chi connectivity index (χ2n) is 9.18. The van der Waals surface area contributed by atoms with E-state index in [0.717, 1.165) is 44.9 Å². The Bertz CT molecular complexity index is 537. The van der Waals surface area contributed by atoms with Crippen molar-refractivity contribution in [2.75, 3.05) is 19.6 Å². The van der Waals surface area contributed by atoms with Crippen LogP contribution in [0.3, 0.4) is 0 Å². The molecule has 0 heterocycles. The van der Waals surface area contributed by atoms with E-state index in [-0.39, 0.29) is 5.91 Å². The van der Waals surface area contributed by atoms with Crippen LogP contribution in [0, 0.1) is 0 Å². The van der Waals surface area contributed by atoms with Crippen LogP contribution in [0.25, 0.3) is 0 Å². The Balaban J connectivity index is 5.06. The SMILES string of the molecule is CCCCCCNC(=O)C(CCCCN)NC(=O)C(CCCCN)NC(=O)OC(C)(C)C. The molecule has 0 aliphatic carbocycles. The zero-order valence-corrected chi connectivity index (χ0v) is 20.6. The largest absolute Gasteiger partial charge is 0.444 e. The van der Waals surface area contributed by atoms with Crippen LogP contribution in [0.4, 0.5) is 4.79 Å². The minimum absolute atomic E-state index is 0.204. The number of ether oxygens (including phenoxy) is 1. The molecule has 0 fully saturated rings. The minimum atomic E-state index is -0.800. The molecule has 3 amide bonds. The maximum absolute atomic E-state index is 13.0. The molecule has 0 rings (SSSR count). The Morgan fingerprint density at radius 2 is 1.34 bits per heavy atom. The number of amides is 3. The van der Waals surface area contributed by atoms with Gasteiger partial charge < -0.3 is 32.2 Å². The summed E-state index contributed by atoms with van der Waals surface area (Å²) in [6.07, 6.45) is 7.37. The predicted octanol–water partition coefficient (Wildman–Crippen LogP) is 2.32. The van der Waals surface area contributed by atoms with Crippen molar-refractivity contribution in [3.63, 3.8) is 0 Å². The second kappa shape index (κ2) is 17.7. The third kappa shape index (κ3) is 15.9. The molecule has 0 bridgehead atoms. The van der Waals surface area contributed by atoms with Crippen LogP contribution >= 0.6 is 0 Å². The van der Waals surface area contributed by atoms with Crippen LogP contribution in [-0.2, 0) is 14.3 Å². The van der Waals surface area contributed by atoms with Gasteiger partial charge in [0.25, 0.3) is 0 Å². The summed E-state index contributed by atoms with van der Waals surface area (Å²) >= 11 is 0. The monoisotopic (exact) mass is 457 g/mol. The normalized spacial score (nSPS) is 13.2. The van der Waals surface area contributed by atoms with Gasteiger partial charge in [0, 0.05) is 6.54 Å². The first kappa shape index (κ1) is 30.1. The van der Waals surface area contributed by atoms with E-state index in [1.165, 1.54) is 0 Å². The smallest absolute Gasteiger partial charge is 0.408 e. The molecular formula is C23H47N5O4. The molecule has 0 aromatic carbocycles. The highest BCUT2D eigenvalue weighted by Gasteiger charge is 2.27. The van der Waals surface area contributed by atoms with Gasteiger partial charge in [-0.2, -0.15) is 0 Å². The molecule has 0 aliphatic rings. The molecule has 2 atom stereocenters. The number of hydrogen-bond donors (Lipinski definition) is 5. The summed E-state index contributed by atoms with van der Waals surface area (Å²) in [5.41, 5.74) is 10.5. The van der Waals surface area contributed by atoms with Gasteiger partial charge in [-0.3, -0.25) is 9.59 Å². The Morgan fingerprint density at radius 1 is 0.781 bits per heavy atom. The summed E-state index contributed by atoms with van der Waals surface area (Å²) in [4.78, 5) is 37.9. The maximum atomic E-state index is 13.0. The summed E-state index contributed by atoms with van der Waals surface area (Å²) in [6.45, 7) is 9.02. The molecular weight excluding hydrogens is 410 g/mol. The number of rotatable bonds is 17. The number of hydrogen-bond acceptors (Lipinski definition) is 6. The first-order valence-corrected chi connectivity index (χ1v) is 12.1. The lowest BCUT2D eigenvalue weighted by Crippen LogP contribution is -2.54. The summed E-state index contributed by atoms with van der Waals surface area (Å²) in [5, 5.41) is 8.40. The highest BCUT2D eigenvalue weighted by molar-refractivity contribution is 5.91. The minimum Gasteiger partial charge on any atom is -0.444 e. The molecule has 0 aliphatic heterocycles. The molecule has 9 nitrogen and oxygen atoms in total. The number of unbranched alkanes of at least 4 members (excludes halogenated alkanes) is 5. The zero-order valence-electron chi connectivity index (χ0n) is 20.6. The van der Waals surface area contributed by atoms with Gasteiger partial charge in [-0.25, -0.2) is 4.79 Å². The number of carbonyl (C=O) groups is 3. The van der Waals surface area contributed by atoms with Gasteiger partial charge in [0.1, 0.15) is 17.7 Å². The molecule has 0 saturated carbocycles. The van der Waals surface area contributed by atoms with Gasteiger partial charge in [-0.05, 0) is 78.8 Å². The van der Waals surface area contributed by atoms with Gasteiger partial charge >= 0.3 is 6.09 Å². The molecule has 188 valence electrons. The lowest BCUT2D eigenvalue weighted by molar-refractivity contribution is -0.130. The van der Waals surface area contributed by atoms with Crippen LogP contribution in [-0.4, -0.2) is 55.2 Å². The van der Waals surface area contributed by atoms with Gasteiger partial charge in [0.15, 0.2) is 0 Å². The van der Waals surface area contributed by atoms with Crippen molar-refractivity contribution in [1.29, 1.82) is 0 Å². The zero-order chi connectivity index (χ0) is 24.4. The van der Waals surface area contributed by atoms with E-state index < -0.39 is 29.7 Å². The van der Waals surface area contributed by atoms with Gasteiger partial charge in [-0.15, -0.1) is 0 Å². The fraction of sp³-hybridized carbons (Fsp3) is 0.870. The quantitative estimate of drug-likeness (QED) is 0.212. The van der Waals surface area contributed by atoms with Gasteiger partial charge in [0.05, 0.1) is 0 Å². The molecule has 2 unspecified atom stereocenters. The van der Waals surface area contributed by atoms with Crippen molar-refractivity contribution in [1.82, 2.24) is 16.0 Å². The fourth-order valence-corrected chi connectivity index (χ4v) is 3.13. The Hall–Kier alpha value is -1.87. The van der Waals surface area contributed by atoms with E-state index in [1.54, 1.807) is 20.8 Å². The summed E-state index contributed by atoms with van der Waals surface area (Å²) in [5.74, 6) is -0.600. The molecule has 32 heavy (non-hydrogen) atoms. The summed E-state index contributed by atoms with van der Waals surface area (Å²) < 4.78 is 5.29. The Labute approximate surface area is 194 Å². The van der Waals surface area contributed by atoms with Gasteiger partial charge in [0.2, 0.25) is 11.8 Å². The molecule has 0 aromatic rings. The highest BCUT2D eigenvalue weighted by atomic mass is 16.6. The lowest BCUT2D eigenvalue weighted by atomic mass is 10.1. The molecule has 7 N–H and O–H groups in total. The molecule has 0 aromatic heterocycles. The van der Waals surface area contributed by atoms with Crippen LogP contribution in [0.15, 0.2) is 0 Å². The highest BCUT2D eigenvalue weighted by Crippen LogP contribution is 2.09. The van der Waals surface area contributed by atoms with Crippen molar-refractivity contribution in [3.8, 4) is 0 Å². The maximum Gasteiger partial charge on any atom is 0.408 e. The number of carbonyl (C=O) groups excluding carboxylic acids is 3. The van der Waals surface area contributed by atoms with Crippen LogP contribution in [0.1, 0.15) is 91.9 Å². The van der Waals surface area contributed by atoms with Crippen LogP contribution in [0.2, 0.25) is 0 Å². The van der Waals surface area contributed by atoms with Gasteiger partial charge in [-0.1, -0.05) is 26.2 Å². The number of nitrogens with two attached hydrogens (primary N) is 2. The summed E-state index contributed by atoms with van der Waals surface area (Å²) in [6, 6.07) is -1.47. The average molecular weight is 458 g/mol. The standard InChI is InChI=1S/C23H47N5O4/c1-5-6-7-12-17-26-20(29)18(13-8-10-15-24)27-21(30)19(14-9-11-16-25)28-22(31)32-23(2,3)4/h18-19H,5-17,24-25H2,1-4H3,(H,26,29)(H,27,30)(H,28,31). The van der Waals surface area contributed by atoms with Crippen molar-refractivity contribution in [2.45, 2.75) is 110 Å². The number of alkyl carbamates (subject to hydrolysis) is 1. The van der Waals surface area contributed by atoms with Crippen molar-refractivity contribution >= 4 is 17.9 Å². The fourth-order valence-electron chi connectivity index (χ4n) is 3.13. The third-order valence-electron chi connectivity index (χ3n) is 4.86. The van der Waals surface area contributed by atoms with E-state index in [1.807, 2.05) is 0 Å². The third-order valence-corrected chi connectivity index (χ3v) is 4.86. The topological polar surface area (TPSA) is 149 Å². The molecule has 0 saturated heterocycles. The molecule has 9 heteroatoms. The van der Waals surface area contributed by atoms with Crippen molar-refractivity contribution in [3.05, 3.63) is 0 Å². The first-order valence-electron chi connectivity index (χ1n) is 12.1. The first-order chi connectivity index (χ1) is 15.1. The lowest BCUT2D eigenvalue weighted by Gasteiger charge is -2.25. The molecule has 0 radical (unpaired) electrons. The van der Waals surface area contributed by atoms with E-state index in [9.17, 15) is 14.4 Å². The van der Waals surface area contributed by atoms with Crippen molar-refractivity contribution < 1.29 is 19.1 Å². The predicted molar refractivity (Wildman–Crippen MR) is 128 cm³/mol. The number of nitrogens with one attached hydrogen (secondary N) is 3. The summed E-state index contributed by atoms with van der Waals surface area (Å²) in [7, 11) is 0. The molecule has 0 spiro atoms. The average Bonchev–Trinajstić information content (AvgIpc) is 2.70. The second-order valence-corrected chi connectivity index (χ2v) is 9.18. The van der Waals surface area contributed by atoms with E-state index in [2.05, 4.69) is 22.9 Å². The van der Waals surface area contributed by atoms with Crippen LogP contribution in [0.5, 0.6) is 0 Å². The van der Waals surface area contributed by atoms with Crippen LogP contribution < -0.4 is 27.4 Å². The van der Waals surface area contributed by atoms with Crippen molar-refractivity contribution in [2.24, 2.45) is 11.5 Å².